The average Bonchev–Trinajstić information content (AvgIpc) is 3.28. The standard InChI is InChI=1S/C27H29F2N5O/c1-18(30-21-11-9-20(10-12-21)27(2,28)29)34-16-13-23-24(19-7-6-8-22(35)17-19)31-26(32-25(23)34)33-14-4-3-5-15-33/h6-12,17,30,35H,1,3-5,13-16H2,2H3. The van der Waals surface area contributed by atoms with Crippen LogP contribution < -0.4 is 15.1 Å². The lowest BCUT2D eigenvalue weighted by Gasteiger charge is -2.29. The first kappa shape index (κ1) is 23.1. The fraction of sp³-hybridized carbons (Fsp3) is 0.333. The molecule has 2 aliphatic heterocycles. The third-order valence-corrected chi connectivity index (χ3v) is 6.58. The monoisotopic (exact) mass is 477 g/mol. The lowest BCUT2D eigenvalue weighted by molar-refractivity contribution is 0.0175. The summed E-state index contributed by atoms with van der Waals surface area (Å²) < 4.78 is 27.1. The summed E-state index contributed by atoms with van der Waals surface area (Å²) >= 11 is 0. The van der Waals surface area contributed by atoms with Gasteiger partial charge in [0, 0.05) is 48.9 Å². The number of aromatic nitrogens is 2. The number of fused-ring (bicyclic) bond motifs is 1. The van der Waals surface area contributed by atoms with E-state index in [2.05, 4.69) is 16.8 Å². The van der Waals surface area contributed by atoms with Crippen molar-refractivity contribution in [3.8, 4) is 17.0 Å². The molecule has 0 saturated carbocycles. The van der Waals surface area contributed by atoms with Crippen LogP contribution in [-0.2, 0) is 12.3 Å². The van der Waals surface area contributed by atoms with Crippen molar-refractivity contribution in [1.29, 1.82) is 0 Å². The number of piperidine rings is 1. The molecule has 3 heterocycles. The smallest absolute Gasteiger partial charge is 0.270 e. The summed E-state index contributed by atoms with van der Waals surface area (Å²) in [4.78, 5) is 14.1. The summed E-state index contributed by atoms with van der Waals surface area (Å²) in [5, 5.41) is 13.3. The predicted molar refractivity (Wildman–Crippen MR) is 135 cm³/mol. The molecule has 0 atom stereocenters. The molecule has 5 rings (SSSR count). The molecule has 8 heteroatoms. The van der Waals surface area contributed by atoms with E-state index in [4.69, 9.17) is 9.97 Å². The zero-order valence-corrected chi connectivity index (χ0v) is 19.8. The van der Waals surface area contributed by atoms with Crippen molar-refractivity contribution in [3.05, 3.63) is 72.1 Å². The van der Waals surface area contributed by atoms with Gasteiger partial charge in [0.25, 0.3) is 5.92 Å². The topological polar surface area (TPSA) is 64.5 Å². The zero-order chi connectivity index (χ0) is 24.6. The van der Waals surface area contributed by atoms with Crippen LogP contribution in [0.2, 0.25) is 0 Å². The highest BCUT2D eigenvalue weighted by molar-refractivity contribution is 5.75. The Hall–Kier alpha value is -3.68. The minimum absolute atomic E-state index is 0.0325. The lowest BCUT2D eigenvalue weighted by atomic mass is 10.1. The number of hydrogen-bond donors (Lipinski definition) is 2. The second-order valence-corrected chi connectivity index (χ2v) is 9.21. The van der Waals surface area contributed by atoms with Gasteiger partial charge in [0.05, 0.1) is 5.69 Å². The van der Waals surface area contributed by atoms with Gasteiger partial charge in [-0.15, -0.1) is 0 Å². The van der Waals surface area contributed by atoms with Crippen molar-refractivity contribution < 1.29 is 13.9 Å². The molecular formula is C27H29F2N5O. The Labute approximate surface area is 203 Å². The van der Waals surface area contributed by atoms with E-state index in [0.29, 0.717) is 24.0 Å². The van der Waals surface area contributed by atoms with Gasteiger partial charge in [-0.2, -0.15) is 4.98 Å². The van der Waals surface area contributed by atoms with E-state index < -0.39 is 5.92 Å². The molecule has 0 spiro atoms. The van der Waals surface area contributed by atoms with Crippen LogP contribution >= 0.6 is 0 Å². The number of halogens is 2. The number of phenolic OH excluding ortho intramolecular Hbond substituents is 1. The van der Waals surface area contributed by atoms with Crippen molar-refractivity contribution in [3.63, 3.8) is 0 Å². The van der Waals surface area contributed by atoms with Crippen molar-refractivity contribution in [1.82, 2.24) is 9.97 Å². The Bertz CT molecular complexity index is 1230. The lowest BCUT2D eigenvalue weighted by Crippen LogP contribution is -2.32. The Morgan fingerprint density at radius 2 is 1.77 bits per heavy atom. The van der Waals surface area contributed by atoms with E-state index in [0.717, 1.165) is 61.9 Å². The van der Waals surface area contributed by atoms with E-state index in [9.17, 15) is 13.9 Å². The maximum absolute atomic E-state index is 13.6. The summed E-state index contributed by atoms with van der Waals surface area (Å²) in [6, 6.07) is 13.2. The summed E-state index contributed by atoms with van der Waals surface area (Å²) in [7, 11) is 0. The summed E-state index contributed by atoms with van der Waals surface area (Å²) in [5.41, 5.74) is 3.31. The molecule has 0 unspecified atom stereocenters. The minimum atomic E-state index is -2.88. The molecule has 6 nitrogen and oxygen atoms in total. The molecule has 0 amide bonds. The number of nitrogens with zero attached hydrogens (tertiary/aromatic N) is 4. The summed E-state index contributed by atoms with van der Waals surface area (Å²) in [6.45, 7) is 7.58. The van der Waals surface area contributed by atoms with Crippen molar-refractivity contribution in [2.24, 2.45) is 0 Å². The molecule has 1 aromatic heterocycles. The van der Waals surface area contributed by atoms with Crippen LogP contribution in [0.1, 0.15) is 37.3 Å². The van der Waals surface area contributed by atoms with Gasteiger partial charge in [-0.25, -0.2) is 13.8 Å². The van der Waals surface area contributed by atoms with Crippen LogP contribution in [0.4, 0.5) is 26.2 Å². The van der Waals surface area contributed by atoms with Crippen molar-refractivity contribution in [2.75, 3.05) is 34.8 Å². The second-order valence-electron chi connectivity index (χ2n) is 9.21. The third kappa shape index (κ3) is 4.78. The normalized spacial score (nSPS) is 15.7. The van der Waals surface area contributed by atoms with E-state index >= 15 is 0 Å². The first-order chi connectivity index (χ1) is 16.8. The van der Waals surface area contributed by atoms with Gasteiger partial charge >= 0.3 is 0 Å². The van der Waals surface area contributed by atoms with Gasteiger partial charge in [0.2, 0.25) is 5.95 Å². The van der Waals surface area contributed by atoms with Crippen LogP contribution in [0.25, 0.3) is 11.3 Å². The largest absolute Gasteiger partial charge is 0.508 e. The third-order valence-electron chi connectivity index (χ3n) is 6.58. The average molecular weight is 478 g/mol. The molecule has 0 aliphatic carbocycles. The molecular weight excluding hydrogens is 448 g/mol. The van der Waals surface area contributed by atoms with Crippen LogP contribution in [0.15, 0.2) is 60.9 Å². The molecule has 35 heavy (non-hydrogen) atoms. The Balaban J connectivity index is 1.48. The first-order valence-corrected chi connectivity index (χ1v) is 12.0. The molecule has 2 aliphatic rings. The van der Waals surface area contributed by atoms with Gasteiger partial charge in [-0.05, 0) is 49.9 Å². The van der Waals surface area contributed by atoms with E-state index in [-0.39, 0.29) is 11.3 Å². The van der Waals surface area contributed by atoms with Crippen molar-refractivity contribution in [2.45, 2.75) is 38.5 Å². The van der Waals surface area contributed by atoms with Crippen LogP contribution in [-0.4, -0.2) is 34.7 Å². The quantitative estimate of drug-likeness (QED) is 0.461. The number of aromatic hydroxyl groups is 1. The molecule has 182 valence electrons. The maximum atomic E-state index is 13.6. The number of rotatable bonds is 6. The molecule has 2 N–H and O–H groups in total. The Morgan fingerprint density at radius 1 is 1.03 bits per heavy atom. The Kier molecular flexibility index (Phi) is 6.05. The highest BCUT2D eigenvalue weighted by Crippen LogP contribution is 2.38. The minimum Gasteiger partial charge on any atom is -0.508 e. The van der Waals surface area contributed by atoms with Gasteiger partial charge < -0.3 is 20.2 Å². The molecule has 0 bridgehead atoms. The first-order valence-electron chi connectivity index (χ1n) is 12.0. The van der Waals surface area contributed by atoms with E-state index in [1.165, 1.54) is 18.6 Å². The van der Waals surface area contributed by atoms with Gasteiger partial charge in [0.15, 0.2) is 0 Å². The molecule has 2 aromatic carbocycles. The Morgan fingerprint density at radius 3 is 2.46 bits per heavy atom. The summed E-state index contributed by atoms with van der Waals surface area (Å²) in [5.74, 6) is -0.613. The fourth-order valence-electron chi connectivity index (χ4n) is 4.71. The van der Waals surface area contributed by atoms with Gasteiger partial charge in [-0.3, -0.25) is 0 Å². The van der Waals surface area contributed by atoms with E-state index in [1.807, 2.05) is 17.0 Å². The van der Waals surface area contributed by atoms with Gasteiger partial charge in [0.1, 0.15) is 17.4 Å². The van der Waals surface area contributed by atoms with Crippen LogP contribution in [0, 0.1) is 0 Å². The second kappa shape index (κ2) is 9.17. The highest BCUT2D eigenvalue weighted by Gasteiger charge is 2.30. The van der Waals surface area contributed by atoms with Crippen LogP contribution in [0.3, 0.4) is 0 Å². The SMILES string of the molecule is C=C(Nc1ccc(C(C)(F)F)cc1)N1CCc2c(-c3cccc(O)c3)nc(N3CCCCC3)nc21. The van der Waals surface area contributed by atoms with Crippen molar-refractivity contribution >= 4 is 17.5 Å². The number of hydrogen-bond acceptors (Lipinski definition) is 6. The number of alkyl halides is 2. The number of benzene rings is 2. The fourth-order valence-corrected chi connectivity index (χ4v) is 4.71. The molecule has 0 radical (unpaired) electrons. The van der Waals surface area contributed by atoms with Gasteiger partial charge in [-0.1, -0.05) is 30.8 Å². The number of phenols is 1. The molecule has 1 fully saturated rings. The number of anilines is 3. The maximum Gasteiger partial charge on any atom is 0.270 e. The van der Waals surface area contributed by atoms with Crippen LogP contribution in [0.5, 0.6) is 5.75 Å². The predicted octanol–water partition coefficient (Wildman–Crippen LogP) is 5.90. The molecule has 1 saturated heterocycles. The van der Waals surface area contributed by atoms with E-state index in [1.54, 1.807) is 24.3 Å². The molecule has 3 aromatic rings. The highest BCUT2D eigenvalue weighted by atomic mass is 19.3. The zero-order valence-electron chi connectivity index (χ0n) is 19.8. The number of nitrogens with one attached hydrogen (secondary N) is 1. The summed E-state index contributed by atoms with van der Waals surface area (Å²) in [6.07, 6.45) is 4.14.